The number of carbonyl (C=O) groups is 1. The van der Waals surface area contributed by atoms with Crippen molar-refractivity contribution in [3.05, 3.63) is 58.1 Å². The zero-order chi connectivity index (χ0) is 16.8. The first kappa shape index (κ1) is 17.4. The van der Waals surface area contributed by atoms with E-state index in [1.54, 1.807) is 30.1 Å². The van der Waals surface area contributed by atoms with Crippen LogP contribution in [0.25, 0.3) is 0 Å². The molecule has 0 aliphatic carbocycles. The van der Waals surface area contributed by atoms with Crippen molar-refractivity contribution in [1.82, 2.24) is 4.90 Å². The first-order valence-corrected chi connectivity index (χ1v) is 8.23. The maximum atomic E-state index is 12.2. The van der Waals surface area contributed by atoms with Crippen LogP contribution in [0.15, 0.2) is 51.8 Å². The molecule has 0 fully saturated rings. The summed E-state index contributed by atoms with van der Waals surface area (Å²) >= 11 is 7.59. The summed E-state index contributed by atoms with van der Waals surface area (Å²) in [6, 6.07) is 14.9. The summed E-state index contributed by atoms with van der Waals surface area (Å²) in [5.41, 5.74) is 2.18. The molecule has 6 heteroatoms. The number of hydrogen-bond donors (Lipinski definition) is 2. The highest BCUT2D eigenvalue weighted by Gasteiger charge is 2.10. The quantitative estimate of drug-likeness (QED) is 0.765. The van der Waals surface area contributed by atoms with Gasteiger partial charge in [-0.2, -0.15) is 5.26 Å². The molecule has 2 aromatic rings. The Balaban J connectivity index is 1.92. The van der Waals surface area contributed by atoms with Gasteiger partial charge in [0.15, 0.2) is 0 Å². The van der Waals surface area contributed by atoms with E-state index < -0.39 is 0 Å². The molecule has 0 heterocycles. The lowest BCUT2D eigenvalue weighted by atomic mass is 10.1. The molecule has 2 aromatic carbocycles. The minimum absolute atomic E-state index is 0.210. The summed E-state index contributed by atoms with van der Waals surface area (Å²) in [5.74, 6) is 0. The molecule has 4 nitrogen and oxygen atoms in total. The molecule has 0 bridgehead atoms. The van der Waals surface area contributed by atoms with Crippen LogP contribution in [-0.4, -0.2) is 24.5 Å². The smallest absolute Gasteiger partial charge is 0.321 e. The molecule has 23 heavy (non-hydrogen) atoms. The van der Waals surface area contributed by atoms with Crippen LogP contribution in [0.2, 0.25) is 0 Å². The summed E-state index contributed by atoms with van der Waals surface area (Å²) in [6.45, 7) is 0.600. The van der Waals surface area contributed by atoms with Crippen LogP contribution in [0, 0.1) is 11.3 Å². The molecule has 0 aliphatic heterocycles. The number of hydrogen-bond acceptors (Lipinski definition) is 3. The third kappa shape index (κ3) is 5.02. The van der Waals surface area contributed by atoms with Gasteiger partial charge in [-0.1, -0.05) is 28.1 Å². The molecule has 0 saturated heterocycles. The first-order chi connectivity index (χ1) is 11.0. The second-order valence-corrected chi connectivity index (χ2v) is 6.47. The van der Waals surface area contributed by atoms with E-state index in [0.29, 0.717) is 22.7 Å². The molecule has 2 amide bonds. The number of urea groups is 1. The highest BCUT2D eigenvalue weighted by atomic mass is 79.9. The second-order valence-electron chi connectivity index (χ2n) is 5.07. The van der Waals surface area contributed by atoms with Crippen molar-refractivity contribution >= 4 is 40.3 Å². The van der Waals surface area contributed by atoms with Gasteiger partial charge in [0.2, 0.25) is 0 Å². The number of likely N-dealkylation sites (N-methyl/N-ethyl adjacent to an activating group) is 1. The fraction of sp³-hybridized carbons (Fsp3) is 0.176. The van der Waals surface area contributed by atoms with E-state index in [-0.39, 0.29) is 6.03 Å². The van der Waals surface area contributed by atoms with Crippen LogP contribution in [0.1, 0.15) is 11.1 Å². The van der Waals surface area contributed by atoms with Crippen molar-refractivity contribution in [2.24, 2.45) is 0 Å². The third-order valence-corrected chi connectivity index (χ3v) is 4.28. The maximum absolute atomic E-state index is 12.2. The van der Waals surface area contributed by atoms with E-state index in [1.165, 1.54) is 5.56 Å². The van der Waals surface area contributed by atoms with Gasteiger partial charge < -0.3 is 10.2 Å². The summed E-state index contributed by atoms with van der Waals surface area (Å²) in [7, 11) is 1.74. The van der Waals surface area contributed by atoms with Crippen LogP contribution in [0.4, 0.5) is 10.5 Å². The number of nitrogens with zero attached hydrogens (tertiary/aromatic N) is 2. The van der Waals surface area contributed by atoms with Gasteiger partial charge >= 0.3 is 6.03 Å². The van der Waals surface area contributed by atoms with Crippen molar-refractivity contribution in [3.8, 4) is 6.07 Å². The Labute approximate surface area is 149 Å². The second kappa shape index (κ2) is 8.04. The minimum Gasteiger partial charge on any atom is -0.327 e. The lowest BCUT2D eigenvalue weighted by Crippen LogP contribution is -2.33. The van der Waals surface area contributed by atoms with Crippen LogP contribution in [0.3, 0.4) is 0 Å². The molecular formula is C17H16BrN3OS. The average molecular weight is 390 g/mol. The topological polar surface area (TPSA) is 56.1 Å². The Morgan fingerprint density at radius 1 is 1.30 bits per heavy atom. The fourth-order valence-electron chi connectivity index (χ4n) is 1.97. The van der Waals surface area contributed by atoms with Crippen LogP contribution in [0.5, 0.6) is 0 Å². The number of halogens is 1. The van der Waals surface area contributed by atoms with Gasteiger partial charge in [-0.15, -0.1) is 12.6 Å². The number of thiol groups is 1. The van der Waals surface area contributed by atoms with Crippen molar-refractivity contribution < 1.29 is 4.79 Å². The fourth-order valence-corrected chi connectivity index (χ4v) is 2.43. The van der Waals surface area contributed by atoms with Gasteiger partial charge in [0.25, 0.3) is 0 Å². The lowest BCUT2D eigenvalue weighted by Gasteiger charge is -2.18. The predicted molar refractivity (Wildman–Crippen MR) is 97.9 cm³/mol. The predicted octanol–water partition coefficient (Wildman–Crippen LogP) is 4.32. The molecule has 0 saturated carbocycles. The van der Waals surface area contributed by atoms with Crippen LogP contribution in [-0.2, 0) is 6.42 Å². The molecule has 0 aliphatic rings. The van der Waals surface area contributed by atoms with Crippen LogP contribution < -0.4 is 5.32 Å². The first-order valence-electron chi connectivity index (χ1n) is 6.99. The number of nitrogens with one attached hydrogen (secondary N) is 1. The van der Waals surface area contributed by atoms with E-state index in [9.17, 15) is 4.79 Å². The normalized spacial score (nSPS) is 10.0. The molecule has 0 spiro atoms. The van der Waals surface area contributed by atoms with E-state index in [0.717, 1.165) is 10.9 Å². The summed E-state index contributed by atoms with van der Waals surface area (Å²) in [5, 5.41) is 11.8. The summed E-state index contributed by atoms with van der Waals surface area (Å²) in [6.07, 6.45) is 0.774. The Morgan fingerprint density at radius 3 is 2.65 bits per heavy atom. The summed E-state index contributed by atoms with van der Waals surface area (Å²) < 4.78 is 1.04. The Kier molecular flexibility index (Phi) is 6.08. The van der Waals surface area contributed by atoms with E-state index in [2.05, 4.69) is 33.9 Å². The van der Waals surface area contributed by atoms with Crippen molar-refractivity contribution in [2.75, 3.05) is 18.9 Å². The number of amides is 2. The standard InChI is InChI=1S/C17H16BrN3OS/c1-21(9-8-12-2-4-14(18)5-3-12)17(22)20-15-6-7-16(23)13(10-15)11-19/h2-7,10,23H,8-9H2,1H3,(H,20,22). The number of anilines is 1. The number of nitriles is 1. The van der Waals surface area contributed by atoms with Gasteiger partial charge in [-0.25, -0.2) is 4.79 Å². The molecule has 0 unspecified atom stereocenters. The van der Waals surface area contributed by atoms with Crippen molar-refractivity contribution in [1.29, 1.82) is 5.26 Å². The zero-order valence-corrected chi connectivity index (χ0v) is 15.1. The Bertz CT molecular complexity index is 740. The molecule has 1 N–H and O–H groups in total. The highest BCUT2D eigenvalue weighted by molar-refractivity contribution is 9.10. The number of rotatable bonds is 4. The van der Waals surface area contributed by atoms with E-state index >= 15 is 0 Å². The van der Waals surface area contributed by atoms with E-state index in [4.69, 9.17) is 5.26 Å². The van der Waals surface area contributed by atoms with Gasteiger partial charge in [0.1, 0.15) is 6.07 Å². The molecule has 118 valence electrons. The number of benzene rings is 2. The van der Waals surface area contributed by atoms with Crippen LogP contribution >= 0.6 is 28.6 Å². The van der Waals surface area contributed by atoms with Gasteiger partial charge in [0.05, 0.1) is 5.56 Å². The maximum Gasteiger partial charge on any atom is 0.321 e. The zero-order valence-electron chi connectivity index (χ0n) is 12.6. The largest absolute Gasteiger partial charge is 0.327 e. The third-order valence-electron chi connectivity index (χ3n) is 3.36. The molecule has 0 atom stereocenters. The molecule has 0 aromatic heterocycles. The number of carbonyl (C=O) groups excluding carboxylic acids is 1. The van der Waals surface area contributed by atoms with E-state index in [1.807, 2.05) is 30.3 Å². The average Bonchev–Trinajstić information content (AvgIpc) is 2.55. The van der Waals surface area contributed by atoms with Gasteiger partial charge in [0, 0.05) is 28.6 Å². The summed E-state index contributed by atoms with van der Waals surface area (Å²) in [4.78, 5) is 14.4. The molecule has 0 radical (unpaired) electrons. The molecule has 2 rings (SSSR count). The monoisotopic (exact) mass is 389 g/mol. The highest BCUT2D eigenvalue weighted by Crippen LogP contribution is 2.18. The minimum atomic E-state index is -0.210. The lowest BCUT2D eigenvalue weighted by molar-refractivity contribution is 0.223. The van der Waals surface area contributed by atoms with Gasteiger partial charge in [-0.3, -0.25) is 0 Å². The SMILES string of the molecule is CN(CCc1ccc(Br)cc1)C(=O)Nc1ccc(S)c(C#N)c1. The van der Waals surface area contributed by atoms with Crippen molar-refractivity contribution in [2.45, 2.75) is 11.3 Å². The Hall–Kier alpha value is -1.97. The molecular weight excluding hydrogens is 374 g/mol. The Morgan fingerprint density at radius 2 is 2.00 bits per heavy atom. The van der Waals surface area contributed by atoms with Crippen molar-refractivity contribution in [3.63, 3.8) is 0 Å². The van der Waals surface area contributed by atoms with Gasteiger partial charge in [-0.05, 0) is 42.3 Å².